The molecular weight excluding hydrogens is 352 g/mol. The second-order valence-corrected chi connectivity index (χ2v) is 6.86. The van der Waals surface area contributed by atoms with E-state index >= 15 is 0 Å². The van der Waals surface area contributed by atoms with Crippen LogP contribution in [0.15, 0.2) is 48.5 Å². The third kappa shape index (κ3) is 7.90. The van der Waals surface area contributed by atoms with Crippen LogP contribution in [0.4, 0.5) is 11.4 Å². The maximum absolute atomic E-state index is 12.0. The summed E-state index contributed by atoms with van der Waals surface area (Å²) in [6, 6.07) is 14.0. The minimum absolute atomic E-state index is 0.0787. The zero-order valence-electron chi connectivity index (χ0n) is 16.2. The third-order valence-corrected chi connectivity index (χ3v) is 4.49. The number of nitrogens with one attached hydrogen (secondary N) is 2. The molecule has 6 nitrogen and oxygen atoms in total. The molecule has 2 aromatic rings. The third-order valence-electron chi connectivity index (χ3n) is 4.49. The van der Waals surface area contributed by atoms with Gasteiger partial charge in [-0.2, -0.15) is 0 Å². The van der Waals surface area contributed by atoms with Crippen LogP contribution < -0.4 is 22.1 Å². The smallest absolute Gasteiger partial charge is 0.176 e. The van der Waals surface area contributed by atoms with Gasteiger partial charge in [-0.05, 0) is 74.5 Å². The van der Waals surface area contributed by atoms with Crippen LogP contribution in [-0.2, 0) is 0 Å². The number of carbonyl (C=O) groups is 2. The first-order chi connectivity index (χ1) is 13.6. The molecule has 150 valence electrons. The standard InChI is InChI=1S/C22H30N4O2/c23-19-9-5-17(6-10-19)21(27)15-25-13-3-1-2-4-14-26-16-22(28)18-7-11-20(24)12-8-18/h5-12,25-26H,1-4,13-16,23-24H2. The summed E-state index contributed by atoms with van der Waals surface area (Å²) in [5, 5.41) is 6.37. The lowest BCUT2D eigenvalue weighted by Crippen LogP contribution is -2.24. The van der Waals surface area contributed by atoms with Crippen LogP contribution in [0.5, 0.6) is 0 Å². The molecule has 0 heterocycles. The molecule has 0 bridgehead atoms. The maximum Gasteiger partial charge on any atom is 0.176 e. The van der Waals surface area contributed by atoms with Crippen molar-refractivity contribution in [2.45, 2.75) is 25.7 Å². The van der Waals surface area contributed by atoms with E-state index in [1.165, 1.54) is 0 Å². The quantitative estimate of drug-likeness (QED) is 0.241. The topological polar surface area (TPSA) is 110 Å². The van der Waals surface area contributed by atoms with Crippen molar-refractivity contribution in [1.29, 1.82) is 0 Å². The molecule has 0 saturated carbocycles. The largest absolute Gasteiger partial charge is 0.399 e. The zero-order chi connectivity index (χ0) is 20.2. The SMILES string of the molecule is Nc1ccc(C(=O)CNCCCCCCNCC(=O)c2ccc(N)cc2)cc1. The summed E-state index contributed by atoms with van der Waals surface area (Å²) in [6.45, 7) is 2.34. The summed E-state index contributed by atoms with van der Waals surface area (Å²) in [5.41, 5.74) is 13.9. The van der Waals surface area contributed by atoms with Gasteiger partial charge in [0.05, 0.1) is 13.1 Å². The molecule has 2 rings (SSSR count). The average molecular weight is 383 g/mol. The Balaban J connectivity index is 1.44. The molecule has 0 amide bonds. The van der Waals surface area contributed by atoms with Gasteiger partial charge < -0.3 is 22.1 Å². The van der Waals surface area contributed by atoms with Crippen molar-refractivity contribution in [2.24, 2.45) is 0 Å². The molecule has 0 atom stereocenters. The molecule has 0 fully saturated rings. The van der Waals surface area contributed by atoms with Gasteiger partial charge in [0.1, 0.15) is 0 Å². The van der Waals surface area contributed by atoms with E-state index in [2.05, 4.69) is 10.6 Å². The Morgan fingerprint density at radius 1 is 0.607 bits per heavy atom. The Morgan fingerprint density at radius 2 is 0.964 bits per heavy atom. The van der Waals surface area contributed by atoms with Crippen LogP contribution in [0.2, 0.25) is 0 Å². The van der Waals surface area contributed by atoms with Gasteiger partial charge in [0.2, 0.25) is 0 Å². The van der Waals surface area contributed by atoms with E-state index in [1.54, 1.807) is 48.5 Å². The van der Waals surface area contributed by atoms with E-state index in [9.17, 15) is 9.59 Å². The second-order valence-electron chi connectivity index (χ2n) is 6.86. The number of ketones is 2. The number of Topliss-reactive ketones (excluding diaryl/α,β-unsaturated/α-hetero) is 2. The summed E-state index contributed by atoms with van der Waals surface area (Å²) in [5.74, 6) is 0.157. The van der Waals surface area contributed by atoms with Crippen molar-refractivity contribution < 1.29 is 9.59 Å². The number of nitrogens with two attached hydrogens (primary N) is 2. The highest BCUT2D eigenvalue weighted by molar-refractivity contribution is 5.98. The van der Waals surface area contributed by atoms with E-state index in [1.807, 2.05) is 0 Å². The highest BCUT2D eigenvalue weighted by Gasteiger charge is 2.05. The Labute approximate surface area is 166 Å². The Hall–Kier alpha value is -2.70. The van der Waals surface area contributed by atoms with E-state index in [4.69, 9.17) is 11.5 Å². The summed E-state index contributed by atoms with van der Waals surface area (Å²) >= 11 is 0. The van der Waals surface area contributed by atoms with Crippen molar-refractivity contribution in [3.63, 3.8) is 0 Å². The molecular formula is C22H30N4O2. The highest BCUT2D eigenvalue weighted by Crippen LogP contribution is 2.07. The summed E-state index contributed by atoms with van der Waals surface area (Å²) < 4.78 is 0. The first-order valence-corrected chi connectivity index (χ1v) is 9.75. The highest BCUT2D eigenvalue weighted by atomic mass is 16.1. The lowest BCUT2D eigenvalue weighted by Gasteiger charge is -2.06. The minimum atomic E-state index is 0.0787. The van der Waals surface area contributed by atoms with Gasteiger partial charge in [-0.3, -0.25) is 9.59 Å². The number of hydrogen-bond donors (Lipinski definition) is 4. The number of anilines is 2. The molecule has 6 N–H and O–H groups in total. The van der Waals surface area contributed by atoms with E-state index < -0.39 is 0 Å². The van der Waals surface area contributed by atoms with E-state index in [0.29, 0.717) is 35.6 Å². The van der Waals surface area contributed by atoms with Gasteiger partial charge in [-0.15, -0.1) is 0 Å². The van der Waals surface area contributed by atoms with Gasteiger partial charge in [0.15, 0.2) is 11.6 Å². The van der Waals surface area contributed by atoms with Gasteiger partial charge in [0, 0.05) is 22.5 Å². The number of nitrogen functional groups attached to an aromatic ring is 2. The van der Waals surface area contributed by atoms with E-state index in [-0.39, 0.29) is 11.6 Å². The van der Waals surface area contributed by atoms with Crippen LogP contribution in [0, 0.1) is 0 Å². The monoisotopic (exact) mass is 382 g/mol. The fourth-order valence-corrected chi connectivity index (χ4v) is 2.80. The molecule has 0 aliphatic heterocycles. The average Bonchev–Trinajstić information content (AvgIpc) is 2.70. The maximum atomic E-state index is 12.0. The molecule has 0 unspecified atom stereocenters. The molecule has 0 aromatic heterocycles. The van der Waals surface area contributed by atoms with Crippen LogP contribution in [0.25, 0.3) is 0 Å². The number of carbonyl (C=O) groups excluding carboxylic acids is 2. The molecule has 0 radical (unpaired) electrons. The molecule has 2 aromatic carbocycles. The Morgan fingerprint density at radius 3 is 1.32 bits per heavy atom. The first-order valence-electron chi connectivity index (χ1n) is 9.75. The van der Waals surface area contributed by atoms with Crippen LogP contribution in [-0.4, -0.2) is 37.7 Å². The van der Waals surface area contributed by atoms with Crippen molar-refractivity contribution in [3.05, 3.63) is 59.7 Å². The van der Waals surface area contributed by atoms with Crippen LogP contribution >= 0.6 is 0 Å². The summed E-state index contributed by atoms with van der Waals surface area (Å²) in [7, 11) is 0. The van der Waals surface area contributed by atoms with Crippen molar-refractivity contribution in [2.75, 3.05) is 37.6 Å². The van der Waals surface area contributed by atoms with Crippen molar-refractivity contribution in [3.8, 4) is 0 Å². The second kappa shape index (κ2) is 11.9. The summed E-state index contributed by atoms with van der Waals surface area (Å²) in [4.78, 5) is 24.0. The minimum Gasteiger partial charge on any atom is -0.399 e. The molecule has 0 spiro atoms. The predicted octanol–water partition coefficient (Wildman–Crippen LogP) is 2.66. The van der Waals surface area contributed by atoms with Gasteiger partial charge in [-0.1, -0.05) is 12.8 Å². The zero-order valence-corrected chi connectivity index (χ0v) is 16.2. The molecule has 0 aliphatic rings. The predicted molar refractivity (Wildman–Crippen MR) is 115 cm³/mol. The van der Waals surface area contributed by atoms with E-state index in [0.717, 1.165) is 38.8 Å². The fourth-order valence-electron chi connectivity index (χ4n) is 2.80. The van der Waals surface area contributed by atoms with Crippen LogP contribution in [0.1, 0.15) is 46.4 Å². The molecule has 0 aliphatic carbocycles. The van der Waals surface area contributed by atoms with Gasteiger partial charge in [-0.25, -0.2) is 0 Å². The number of benzene rings is 2. The first kappa shape index (κ1) is 21.6. The lowest BCUT2D eigenvalue weighted by molar-refractivity contribution is 0.0983. The number of rotatable bonds is 13. The lowest BCUT2D eigenvalue weighted by atomic mass is 10.1. The normalized spacial score (nSPS) is 10.7. The van der Waals surface area contributed by atoms with Gasteiger partial charge in [0.25, 0.3) is 0 Å². The van der Waals surface area contributed by atoms with Crippen LogP contribution in [0.3, 0.4) is 0 Å². The van der Waals surface area contributed by atoms with Crippen molar-refractivity contribution in [1.82, 2.24) is 10.6 Å². The Kier molecular flexibility index (Phi) is 9.18. The van der Waals surface area contributed by atoms with Crippen molar-refractivity contribution >= 4 is 22.9 Å². The molecule has 0 saturated heterocycles. The summed E-state index contributed by atoms with van der Waals surface area (Å²) in [6.07, 6.45) is 4.24. The molecule has 28 heavy (non-hydrogen) atoms. The molecule has 6 heteroatoms. The fraction of sp³-hybridized carbons (Fsp3) is 0.364. The number of hydrogen-bond acceptors (Lipinski definition) is 6. The number of unbranched alkanes of at least 4 members (excludes halogenated alkanes) is 3. The Bertz CT molecular complexity index is 677. The van der Waals surface area contributed by atoms with Gasteiger partial charge >= 0.3 is 0 Å².